The lowest BCUT2D eigenvalue weighted by atomic mass is 9.85. The van der Waals surface area contributed by atoms with Crippen molar-refractivity contribution >= 4 is 17.5 Å². The zero-order valence-corrected chi connectivity index (χ0v) is 15.2. The summed E-state index contributed by atoms with van der Waals surface area (Å²) in [6.45, 7) is 0. The van der Waals surface area contributed by atoms with Gasteiger partial charge >= 0.3 is 6.18 Å². The van der Waals surface area contributed by atoms with Crippen LogP contribution in [-0.2, 0) is 15.8 Å². The van der Waals surface area contributed by atoms with E-state index in [2.05, 4.69) is 0 Å². The van der Waals surface area contributed by atoms with Gasteiger partial charge in [-0.2, -0.15) is 13.2 Å². The summed E-state index contributed by atoms with van der Waals surface area (Å²) in [5.41, 5.74) is 1.81. The summed E-state index contributed by atoms with van der Waals surface area (Å²) >= 11 is 0. The first-order valence-electron chi connectivity index (χ1n) is 9.83. The van der Waals surface area contributed by atoms with E-state index >= 15 is 0 Å². The highest BCUT2D eigenvalue weighted by Gasteiger charge is 2.62. The molecule has 4 aliphatic rings. The first-order chi connectivity index (χ1) is 13.4. The summed E-state index contributed by atoms with van der Waals surface area (Å²) < 4.78 is 39.2. The van der Waals surface area contributed by atoms with E-state index in [1.165, 1.54) is 29.7 Å². The van der Waals surface area contributed by atoms with Crippen molar-refractivity contribution in [2.45, 2.75) is 38.3 Å². The monoisotopic (exact) mass is 387 g/mol. The number of allylic oxidation sites excluding steroid dienone is 4. The Hall–Kier alpha value is -2.37. The second-order valence-corrected chi connectivity index (χ2v) is 8.17. The molecule has 1 aromatic rings. The van der Waals surface area contributed by atoms with Crippen molar-refractivity contribution in [3.63, 3.8) is 0 Å². The topological polar surface area (TPSA) is 37.4 Å². The van der Waals surface area contributed by atoms with Gasteiger partial charge in [0.1, 0.15) is 0 Å². The number of amides is 2. The lowest BCUT2D eigenvalue weighted by molar-refractivity contribution is -0.137. The number of anilines is 1. The van der Waals surface area contributed by atoms with Gasteiger partial charge in [0.15, 0.2) is 0 Å². The molecule has 5 rings (SSSR count). The number of rotatable bonds is 1. The maximum atomic E-state index is 13.1. The van der Waals surface area contributed by atoms with Gasteiger partial charge in [0, 0.05) is 11.8 Å². The SMILES string of the molecule is O=C1[C@@H]2[C@@H](C(=O)N1c1cccc(C(F)(F)F)c1)[C@@H]1C=C[C@@H]2C1=C1CCCCC1. The van der Waals surface area contributed by atoms with Crippen LogP contribution in [0.25, 0.3) is 0 Å². The number of alkyl halides is 3. The third-order valence-corrected chi connectivity index (χ3v) is 6.71. The summed E-state index contributed by atoms with van der Waals surface area (Å²) in [5, 5.41) is 0. The number of hydrogen-bond donors (Lipinski definition) is 0. The Morgan fingerprint density at radius 1 is 0.893 bits per heavy atom. The maximum absolute atomic E-state index is 13.1. The van der Waals surface area contributed by atoms with Gasteiger partial charge in [0.25, 0.3) is 0 Å². The smallest absolute Gasteiger partial charge is 0.274 e. The van der Waals surface area contributed by atoms with Crippen molar-refractivity contribution in [1.82, 2.24) is 0 Å². The van der Waals surface area contributed by atoms with Crippen LogP contribution in [0.3, 0.4) is 0 Å². The Morgan fingerprint density at radius 2 is 1.50 bits per heavy atom. The van der Waals surface area contributed by atoms with Crippen LogP contribution in [-0.4, -0.2) is 11.8 Å². The van der Waals surface area contributed by atoms with Gasteiger partial charge in [-0.15, -0.1) is 0 Å². The summed E-state index contributed by atoms with van der Waals surface area (Å²) in [5.74, 6) is -1.81. The summed E-state index contributed by atoms with van der Waals surface area (Å²) in [6, 6.07) is 4.50. The van der Waals surface area contributed by atoms with Crippen LogP contribution in [0, 0.1) is 23.7 Å². The molecule has 4 atom stereocenters. The number of carbonyl (C=O) groups excluding carboxylic acids is 2. The quantitative estimate of drug-likeness (QED) is 0.508. The zero-order chi connectivity index (χ0) is 19.6. The molecule has 2 amide bonds. The Balaban J connectivity index is 1.51. The van der Waals surface area contributed by atoms with Gasteiger partial charge in [0.05, 0.1) is 23.1 Å². The Morgan fingerprint density at radius 3 is 2.07 bits per heavy atom. The second-order valence-electron chi connectivity index (χ2n) is 8.17. The Labute approximate surface area is 160 Å². The molecule has 0 spiro atoms. The van der Waals surface area contributed by atoms with Gasteiger partial charge < -0.3 is 0 Å². The number of hydrogen-bond acceptors (Lipinski definition) is 2. The molecule has 28 heavy (non-hydrogen) atoms. The minimum atomic E-state index is -4.52. The summed E-state index contributed by atoms with van der Waals surface area (Å²) in [7, 11) is 0. The number of benzene rings is 1. The lowest BCUT2D eigenvalue weighted by Crippen LogP contribution is -2.33. The standard InChI is InChI=1S/C22H20F3NO2/c23-22(24,25)13-7-4-8-14(11-13)26-20(27)18-15-9-10-16(19(18)21(26)28)17(15)12-5-2-1-3-6-12/h4,7-11,15-16,18-19H,1-3,5-6H2/t15-,16-,18+,19+/m1/s1. The van der Waals surface area contributed by atoms with E-state index < -0.39 is 23.6 Å². The van der Waals surface area contributed by atoms with Crippen LogP contribution in [0.2, 0.25) is 0 Å². The van der Waals surface area contributed by atoms with Crippen molar-refractivity contribution in [1.29, 1.82) is 0 Å². The third kappa shape index (κ3) is 2.43. The van der Waals surface area contributed by atoms with Crippen LogP contribution in [0.1, 0.15) is 37.7 Å². The molecule has 1 aromatic carbocycles. The highest BCUT2D eigenvalue weighted by molar-refractivity contribution is 6.23. The van der Waals surface area contributed by atoms with Gasteiger partial charge in [-0.05, 0) is 43.9 Å². The Bertz CT molecular complexity index is 888. The highest BCUT2D eigenvalue weighted by Crippen LogP contribution is 2.58. The molecular formula is C22H20F3NO2. The van der Waals surface area contributed by atoms with Gasteiger partial charge in [-0.1, -0.05) is 35.8 Å². The van der Waals surface area contributed by atoms with E-state index in [1.807, 2.05) is 12.2 Å². The van der Waals surface area contributed by atoms with Crippen LogP contribution < -0.4 is 4.90 Å². The van der Waals surface area contributed by atoms with Crippen LogP contribution >= 0.6 is 0 Å². The molecule has 3 aliphatic carbocycles. The molecule has 0 unspecified atom stereocenters. The van der Waals surface area contributed by atoms with Crippen molar-refractivity contribution < 1.29 is 22.8 Å². The molecule has 0 aromatic heterocycles. The molecule has 1 aliphatic heterocycles. The maximum Gasteiger partial charge on any atom is 0.416 e. The molecule has 0 N–H and O–H groups in total. The first-order valence-corrected chi connectivity index (χ1v) is 9.83. The van der Waals surface area contributed by atoms with Gasteiger partial charge in [-0.3, -0.25) is 9.59 Å². The Kier molecular flexibility index (Phi) is 3.83. The largest absolute Gasteiger partial charge is 0.416 e. The molecule has 1 saturated heterocycles. The lowest BCUT2D eigenvalue weighted by Gasteiger charge is -2.23. The summed E-state index contributed by atoms with van der Waals surface area (Å²) in [6.07, 6.45) is 5.11. The molecule has 146 valence electrons. The molecule has 6 heteroatoms. The van der Waals surface area contributed by atoms with Crippen molar-refractivity contribution in [2.75, 3.05) is 4.90 Å². The van der Waals surface area contributed by atoms with Crippen LogP contribution in [0.15, 0.2) is 47.6 Å². The van der Waals surface area contributed by atoms with E-state index in [4.69, 9.17) is 0 Å². The average molecular weight is 387 g/mol. The van der Waals surface area contributed by atoms with E-state index in [1.54, 1.807) is 0 Å². The van der Waals surface area contributed by atoms with Crippen LogP contribution in [0.4, 0.5) is 18.9 Å². The molecule has 3 fully saturated rings. The van der Waals surface area contributed by atoms with E-state index in [0.29, 0.717) is 0 Å². The molecular weight excluding hydrogens is 367 g/mol. The predicted molar refractivity (Wildman–Crippen MR) is 97.1 cm³/mol. The number of fused-ring (bicyclic) bond motifs is 5. The normalized spacial score (nSPS) is 31.9. The summed E-state index contributed by atoms with van der Waals surface area (Å²) in [4.78, 5) is 27.3. The van der Waals surface area contributed by atoms with Crippen LogP contribution in [0.5, 0.6) is 0 Å². The number of halogens is 3. The van der Waals surface area contributed by atoms with Gasteiger partial charge in [-0.25, -0.2) is 4.90 Å². The molecule has 1 heterocycles. The zero-order valence-electron chi connectivity index (χ0n) is 15.2. The number of carbonyl (C=O) groups is 2. The molecule has 3 nitrogen and oxygen atoms in total. The van der Waals surface area contributed by atoms with Crippen molar-refractivity contribution in [3.05, 3.63) is 53.1 Å². The first kappa shape index (κ1) is 17.7. The minimum absolute atomic E-state index is 0.0190. The number of nitrogens with zero attached hydrogens (tertiary/aromatic N) is 1. The van der Waals surface area contributed by atoms with Crippen molar-refractivity contribution in [2.24, 2.45) is 23.7 Å². The molecule has 2 bridgehead atoms. The van der Waals surface area contributed by atoms with Gasteiger partial charge in [0.2, 0.25) is 11.8 Å². The second kappa shape index (κ2) is 6.06. The third-order valence-electron chi connectivity index (χ3n) is 6.71. The van der Waals surface area contributed by atoms with Crippen molar-refractivity contribution in [3.8, 4) is 0 Å². The van der Waals surface area contributed by atoms with E-state index in [9.17, 15) is 22.8 Å². The minimum Gasteiger partial charge on any atom is -0.274 e. The fraction of sp³-hybridized carbons (Fsp3) is 0.455. The molecule has 0 radical (unpaired) electrons. The van der Waals surface area contributed by atoms with E-state index in [0.717, 1.165) is 42.7 Å². The highest BCUT2D eigenvalue weighted by atomic mass is 19.4. The molecule has 2 saturated carbocycles. The fourth-order valence-electron chi connectivity index (χ4n) is 5.58. The fourth-order valence-corrected chi connectivity index (χ4v) is 5.58. The number of imide groups is 1. The average Bonchev–Trinajstić information content (AvgIpc) is 3.31. The predicted octanol–water partition coefficient (Wildman–Crippen LogP) is 4.89. The van der Waals surface area contributed by atoms with E-state index in [-0.39, 0.29) is 29.3 Å².